The first kappa shape index (κ1) is 19.0. The van der Waals surface area contributed by atoms with E-state index in [2.05, 4.69) is 20.6 Å². The van der Waals surface area contributed by atoms with Gasteiger partial charge in [-0.05, 0) is 24.8 Å². The van der Waals surface area contributed by atoms with Gasteiger partial charge in [0.1, 0.15) is 5.92 Å². The van der Waals surface area contributed by atoms with Gasteiger partial charge in [0.25, 0.3) is 0 Å². The Morgan fingerprint density at radius 2 is 1.81 bits per heavy atom. The highest BCUT2D eigenvalue weighted by atomic mass is 16.3. The maximum absolute atomic E-state index is 12.4. The van der Waals surface area contributed by atoms with Gasteiger partial charge in [0.2, 0.25) is 17.8 Å². The molecule has 1 fully saturated rings. The van der Waals surface area contributed by atoms with Crippen LogP contribution in [-0.4, -0.2) is 39.0 Å². The zero-order chi connectivity index (χ0) is 19.6. The van der Waals surface area contributed by atoms with Crippen LogP contribution in [0.15, 0.2) is 36.7 Å². The predicted octanol–water partition coefficient (Wildman–Crippen LogP) is 1.91. The van der Waals surface area contributed by atoms with Crippen molar-refractivity contribution in [3.05, 3.63) is 42.2 Å². The molecule has 0 bridgehead atoms. The number of amides is 2. The summed E-state index contributed by atoms with van der Waals surface area (Å²) in [5.41, 5.74) is 2.96. The van der Waals surface area contributed by atoms with Crippen LogP contribution >= 0.6 is 0 Å². The molecular formula is C20H24N4O3. The molecule has 2 amide bonds. The van der Waals surface area contributed by atoms with Gasteiger partial charge in [-0.3, -0.25) is 14.9 Å². The number of aliphatic hydroxyl groups is 1. The van der Waals surface area contributed by atoms with E-state index < -0.39 is 29.9 Å². The Morgan fingerprint density at radius 1 is 1.19 bits per heavy atom. The standard InChI is InChI=1S/C20H24N4O3/c1-11(2)8-15-17(25)16(18(26)23-15)19(27)24-20-21-9-14(10-22-20)13-6-4-12(3)5-7-13/h4-7,9-11,15-17,25H,8H2,1-3H3,(H,23,26)(H,21,22,24,27). The van der Waals surface area contributed by atoms with Gasteiger partial charge in [0, 0.05) is 18.0 Å². The van der Waals surface area contributed by atoms with E-state index in [0.717, 1.165) is 16.7 Å². The van der Waals surface area contributed by atoms with E-state index >= 15 is 0 Å². The third-order valence-corrected chi connectivity index (χ3v) is 4.64. The molecule has 1 aromatic heterocycles. The van der Waals surface area contributed by atoms with Crippen molar-refractivity contribution in [1.82, 2.24) is 15.3 Å². The van der Waals surface area contributed by atoms with Gasteiger partial charge >= 0.3 is 0 Å². The molecule has 0 aliphatic carbocycles. The van der Waals surface area contributed by atoms with Crippen LogP contribution in [0.3, 0.4) is 0 Å². The average Bonchev–Trinajstić information content (AvgIpc) is 2.89. The summed E-state index contributed by atoms with van der Waals surface area (Å²) >= 11 is 0. The van der Waals surface area contributed by atoms with Crippen molar-refractivity contribution in [2.24, 2.45) is 11.8 Å². The highest BCUT2D eigenvalue weighted by Crippen LogP contribution is 2.23. The number of hydrogen-bond donors (Lipinski definition) is 3. The second-order valence-corrected chi connectivity index (χ2v) is 7.36. The summed E-state index contributed by atoms with van der Waals surface area (Å²) < 4.78 is 0. The zero-order valence-electron chi connectivity index (χ0n) is 15.6. The molecule has 3 N–H and O–H groups in total. The summed E-state index contributed by atoms with van der Waals surface area (Å²) in [5.74, 6) is -1.84. The first-order valence-corrected chi connectivity index (χ1v) is 9.03. The third kappa shape index (κ3) is 4.31. The molecule has 3 unspecified atom stereocenters. The Balaban J connectivity index is 1.67. The van der Waals surface area contributed by atoms with E-state index in [1.807, 2.05) is 45.0 Å². The van der Waals surface area contributed by atoms with Crippen molar-refractivity contribution >= 4 is 17.8 Å². The van der Waals surface area contributed by atoms with Crippen LogP contribution in [0.4, 0.5) is 5.95 Å². The van der Waals surface area contributed by atoms with Crippen LogP contribution in [0, 0.1) is 18.8 Å². The van der Waals surface area contributed by atoms with Gasteiger partial charge < -0.3 is 10.4 Å². The highest BCUT2D eigenvalue weighted by molar-refractivity contribution is 6.07. The normalized spacial score (nSPS) is 22.0. The lowest BCUT2D eigenvalue weighted by atomic mass is 9.95. The van der Waals surface area contributed by atoms with Crippen molar-refractivity contribution in [3.8, 4) is 11.1 Å². The summed E-state index contributed by atoms with van der Waals surface area (Å²) in [7, 11) is 0. The summed E-state index contributed by atoms with van der Waals surface area (Å²) in [6, 6.07) is 7.52. The Labute approximate surface area is 158 Å². The number of nitrogens with zero attached hydrogens (tertiary/aromatic N) is 2. The number of rotatable bonds is 5. The number of anilines is 1. The molecule has 1 aromatic carbocycles. The first-order chi connectivity index (χ1) is 12.8. The Hall–Kier alpha value is -2.80. The van der Waals surface area contributed by atoms with Crippen molar-refractivity contribution in [2.75, 3.05) is 5.32 Å². The van der Waals surface area contributed by atoms with Gasteiger partial charge in [-0.25, -0.2) is 9.97 Å². The zero-order valence-corrected chi connectivity index (χ0v) is 15.6. The topological polar surface area (TPSA) is 104 Å². The van der Waals surface area contributed by atoms with Crippen molar-refractivity contribution in [3.63, 3.8) is 0 Å². The Kier molecular flexibility index (Phi) is 5.51. The fraction of sp³-hybridized carbons (Fsp3) is 0.400. The number of carbonyl (C=O) groups is 2. The van der Waals surface area contributed by atoms with E-state index in [1.165, 1.54) is 0 Å². The van der Waals surface area contributed by atoms with Crippen molar-refractivity contribution in [1.29, 1.82) is 0 Å². The minimum absolute atomic E-state index is 0.100. The quantitative estimate of drug-likeness (QED) is 0.700. The van der Waals surface area contributed by atoms with Gasteiger partial charge in [-0.1, -0.05) is 43.7 Å². The van der Waals surface area contributed by atoms with Gasteiger partial charge in [0.05, 0.1) is 12.1 Å². The fourth-order valence-corrected chi connectivity index (χ4v) is 3.20. The summed E-state index contributed by atoms with van der Waals surface area (Å²) in [6.07, 6.45) is 2.77. The Bertz CT molecular complexity index is 818. The van der Waals surface area contributed by atoms with Gasteiger partial charge in [-0.2, -0.15) is 0 Å². The second-order valence-electron chi connectivity index (χ2n) is 7.36. The van der Waals surface area contributed by atoms with Gasteiger partial charge in [-0.15, -0.1) is 0 Å². The van der Waals surface area contributed by atoms with Crippen LogP contribution < -0.4 is 10.6 Å². The van der Waals surface area contributed by atoms with E-state index in [0.29, 0.717) is 12.3 Å². The van der Waals surface area contributed by atoms with Crippen molar-refractivity contribution < 1.29 is 14.7 Å². The molecule has 3 rings (SSSR count). The summed E-state index contributed by atoms with van der Waals surface area (Å²) in [6.45, 7) is 6.00. The monoisotopic (exact) mass is 368 g/mol. The number of hydrogen-bond acceptors (Lipinski definition) is 5. The molecule has 2 aromatic rings. The molecule has 2 heterocycles. The minimum Gasteiger partial charge on any atom is -0.390 e. The number of carbonyl (C=O) groups excluding carboxylic acids is 2. The second kappa shape index (κ2) is 7.84. The van der Waals surface area contributed by atoms with E-state index in [4.69, 9.17) is 0 Å². The maximum atomic E-state index is 12.4. The number of nitrogens with one attached hydrogen (secondary N) is 2. The number of benzene rings is 1. The van der Waals surface area contributed by atoms with E-state index in [-0.39, 0.29) is 5.95 Å². The highest BCUT2D eigenvalue weighted by Gasteiger charge is 2.45. The fourth-order valence-electron chi connectivity index (χ4n) is 3.20. The maximum Gasteiger partial charge on any atom is 0.242 e. The summed E-state index contributed by atoms with van der Waals surface area (Å²) in [4.78, 5) is 32.8. The largest absolute Gasteiger partial charge is 0.390 e. The molecule has 142 valence electrons. The molecule has 0 saturated carbocycles. The summed E-state index contributed by atoms with van der Waals surface area (Å²) in [5, 5.41) is 15.6. The van der Waals surface area contributed by atoms with E-state index in [9.17, 15) is 14.7 Å². The molecule has 7 nitrogen and oxygen atoms in total. The number of aliphatic hydroxyl groups excluding tert-OH is 1. The molecule has 0 spiro atoms. The lowest BCUT2D eigenvalue weighted by molar-refractivity contribution is -0.132. The van der Waals surface area contributed by atoms with Crippen molar-refractivity contribution in [2.45, 2.75) is 39.3 Å². The van der Waals surface area contributed by atoms with Crippen LogP contribution in [0.1, 0.15) is 25.8 Å². The molecule has 3 atom stereocenters. The smallest absolute Gasteiger partial charge is 0.242 e. The molecule has 1 aliphatic rings. The van der Waals surface area contributed by atoms with E-state index in [1.54, 1.807) is 12.4 Å². The van der Waals surface area contributed by atoms with Gasteiger partial charge in [0.15, 0.2) is 0 Å². The molecular weight excluding hydrogens is 344 g/mol. The third-order valence-electron chi connectivity index (χ3n) is 4.64. The molecule has 1 saturated heterocycles. The first-order valence-electron chi connectivity index (χ1n) is 9.03. The average molecular weight is 368 g/mol. The molecule has 7 heteroatoms. The SMILES string of the molecule is Cc1ccc(-c2cnc(NC(=O)C3C(=O)NC(CC(C)C)C3O)nc2)cc1. The van der Waals surface area contributed by atoms with Crippen LogP contribution in [0.25, 0.3) is 11.1 Å². The number of aryl methyl sites for hydroxylation is 1. The Morgan fingerprint density at radius 3 is 2.41 bits per heavy atom. The molecule has 27 heavy (non-hydrogen) atoms. The number of aromatic nitrogens is 2. The molecule has 1 aliphatic heterocycles. The lowest BCUT2D eigenvalue weighted by Gasteiger charge is -2.18. The van der Waals surface area contributed by atoms with Crippen LogP contribution in [-0.2, 0) is 9.59 Å². The minimum atomic E-state index is -1.16. The lowest BCUT2D eigenvalue weighted by Crippen LogP contribution is -2.37. The molecule has 0 radical (unpaired) electrons. The van der Waals surface area contributed by atoms with Crippen LogP contribution in [0.5, 0.6) is 0 Å². The van der Waals surface area contributed by atoms with Crippen LogP contribution in [0.2, 0.25) is 0 Å². The predicted molar refractivity (Wildman–Crippen MR) is 102 cm³/mol.